The van der Waals surface area contributed by atoms with Crippen molar-refractivity contribution in [3.05, 3.63) is 63.3 Å². The first-order chi connectivity index (χ1) is 41.9. The van der Waals surface area contributed by atoms with Crippen LogP contribution in [0.3, 0.4) is 0 Å². The normalized spacial score (nSPS) is 26.1. The van der Waals surface area contributed by atoms with Gasteiger partial charge < -0.3 is 45.6 Å². The first-order valence-corrected chi connectivity index (χ1v) is 38.0. The second-order valence-electron chi connectivity index (χ2n) is 42.1. The topological polar surface area (TPSA) is 56.5 Å². The predicted molar refractivity (Wildman–Crippen MR) is 415 cm³/mol. The van der Waals surface area contributed by atoms with E-state index in [0.29, 0.717) is 51.0 Å². The van der Waals surface area contributed by atoms with E-state index in [2.05, 4.69) is 271 Å². The van der Waals surface area contributed by atoms with Crippen molar-refractivity contribution in [3.8, 4) is 0 Å². The minimum Gasteiger partial charge on any atom is -0.632 e. The molecule has 0 aromatic heterocycles. The van der Waals surface area contributed by atoms with Gasteiger partial charge in [-0.1, -0.05) is 184 Å². The quantitative estimate of drug-likeness (QED) is 0.149. The monoisotopic (exact) mass is 1680 g/mol. The third-order valence-electron chi connectivity index (χ3n) is 23.2. The van der Waals surface area contributed by atoms with Crippen LogP contribution in [0.2, 0.25) is 0 Å². The van der Waals surface area contributed by atoms with Gasteiger partial charge in [-0.25, -0.2) is 19.1 Å². The first kappa shape index (κ1) is 101. The molecule has 10 heteroatoms. The van der Waals surface area contributed by atoms with Gasteiger partial charge in [-0.05, 0) is 156 Å². The number of likely N-dealkylation sites (tertiary alicyclic amines) is 3. The Kier molecular flexibility index (Phi) is 43.9. The molecule has 1 amide bonds. The van der Waals surface area contributed by atoms with Crippen molar-refractivity contribution in [2.24, 2.45) is 73.4 Å². The Morgan fingerprint density at radius 1 is 0.469 bits per heavy atom. The van der Waals surface area contributed by atoms with Crippen LogP contribution >= 0.6 is 0 Å². The summed E-state index contributed by atoms with van der Waals surface area (Å²) in [7, 11) is 2.43. The molecule has 3 aliphatic heterocycles. The number of hydrogen-bond donors (Lipinski definition) is 0. The fraction of sp³-hybridized carbons (Fsp3) is 0.907. The number of rotatable bonds is 1. The largest absolute Gasteiger partial charge is 2.00 e. The fourth-order valence-corrected chi connectivity index (χ4v) is 14.6. The summed E-state index contributed by atoms with van der Waals surface area (Å²) >= 11 is 0. The second-order valence-corrected chi connectivity index (χ2v) is 42.1. The van der Waals surface area contributed by atoms with Gasteiger partial charge in [0.2, 0.25) is 11.4 Å². The summed E-state index contributed by atoms with van der Waals surface area (Å²) < 4.78 is 1.25. The molecule has 0 N–H and O–H groups in total. The Balaban J connectivity index is -0.000000515. The van der Waals surface area contributed by atoms with Crippen LogP contribution in [0.25, 0.3) is 14.5 Å². The summed E-state index contributed by atoms with van der Waals surface area (Å²) in [6.07, 6.45) is 21.0. The number of quaternary nitrogens is 2. The van der Waals surface area contributed by atoms with Gasteiger partial charge >= 0.3 is 42.1 Å². The summed E-state index contributed by atoms with van der Waals surface area (Å²) in [4.78, 5) is 25.1. The molecule has 6 fully saturated rings. The zero-order valence-electron chi connectivity index (χ0n) is 71.3. The van der Waals surface area contributed by atoms with Crippen molar-refractivity contribution in [1.29, 1.82) is 0 Å². The molecular formula is C86H165N6O2W2+. The van der Waals surface area contributed by atoms with Crippen LogP contribution in [0.1, 0.15) is 365 Å². The number of amides is 1. The minimum absolute atomic E-state index is 0. The summed E-state index contributed by atoms with van der Waals surface area (Å²) in [5, 5.41) is 12.6. The summed E-state index contributed by atoms with van der Waals surface area (Å²) in [6, 6.07) is 1.09. The van der Waals surface area contributed by atoms with E-state index >= 15 is 0 Å². The van der Waals surface area contributed by atoms with Crippen molar-refractivity contribution in [1.82, 2.24) is 4.90 Å². The average molecular weight is 1680 g/mol. The van der Waals surface area contributed by atoms with Crippen LogP contribution in [0.4, 0.5) is 0 Å². The van der Waals surface area contributed by atoms with Gasteiger partial charge in [-0.15, -0.1) is 0 Å². The maximum atomic E-state index is 12.6. The number of piperidine rings is 3. The summed E-state index contributed by atoms with van der Waals surface area (Å²) in [5.41, 5.74) is 2.70. The molecule has 0 spiro atoms. The van der Waals surface area contributed by atoms with Crippen LogP contribution in [-0.2, 0) is 46.9 Å². The van der Waals surface area contributed by atoms with E-state index in [1.54, 1.807) is 0 Å². The molecule has 0 radical (unpaired) electrons. The molecule has 3 saturated carbocycles. The van der Waals surface area contributed by atoms with Crippen molar-refractivity contribution in [3.63, 3.8) is 0 Å². The van der Waals surface area contributed by atoms with E-state index in [9.17, 15) is 10.0 Å². The summed E-state index contributed by atoms with van der Waals surface area (Å²) in [6.45, 7) is 108. The molecule has 0 aromatic rings. The van der Waals surface area contributed by atoms with Crippen LogP contribution in [0.5, 0.6) is 0 Å². The Hall–Kier alpha value is -0.933. The first-order valence-electron chi connectivity index (χ1n) is 38.0. The van der Waals surface area contributed by atoms with Gasteiger partial charge in [-0.3, -0.25) is 11.4 Å². The molecule has 1 unspecified atom stereocenters. The molecular weight excluding hydrogens is 1520 g/mol. The van der Waals surface area contributed by atoms with E-state index in [1.807, 2.05) is 4.90 Å². The van der Waals surface area contributed by atoms with Gasteiger partial charge in [0.05, 0.1) is 44.3 Å². The molecule has 96 heavy (non-hydrogen) atoms. The van der Waals surface area contributed by atoms with E-state index in [0.717, 1.165) is 107 Å². The third-order valence-corrected chi connectivity index (χ3v) is 23.2. The van der Waals surface area contributed by atoms with Crippen molar-refractivity contribution >= 4 is 5.91 Å². The Bertz CT molecular complexity index is 2150. The Labute approximate surface area is 632 Å². The minimum atomic E-state index is -0.150. The smallest absolute Gasteiger partial charge is 0.632 e. The van der Waals surface area contributed by atoms with Crippen LogP contribution in [-0.4, -0.2) is 88.4 Å². The van der Waals surface area contributed by atoms with E-state index in [-0.39, 0.29) is 74.2 Å². The molecule has 562 valence electrons. The molecule has 1 atom stereocenters. The van der Waals surface area contributed by atoms with Crippen molar-refractivity contribution in [2.45, 2.75) is 387 Å². The zero-order valence-corrected chi connectivity index (χ0v) is 77.1. The van der Waals surface area contributed by atoms with Gasteiger partial charge in [0, 0.05) is 62.4 Å². The molecule has 6 rings (SSSR count). The maximum absolute atomic E-state index is 12.6. The standard InChI is InChI=1S/C15H27N.C14H30N.C13H27NO.C13H25NO.C12H20N.C11H18N.2C4H9.2W/c1-13(2,3)12-8-10-15(16-7,11-9-12)14(4,5)6;1-13(2,3)12-8-10-15(7,11-9-12)14(4,5)6;1-12(2,3)11-7-9-14(15,10-8-11)13(4,5)6;1-12(2,3)10-7-8-14(11(15)9-10)13(4,5)6;1-12(2,3)11-7-5-10(6-8-11)9-13-4;1-11(2,3)9-5-7-10(12-4)8-6-9;2*1-4(2)3;;/h12H,8-11H2,1-6H3;12H,8-11H2,1-7H3;11H,7-10H2,1-6H3;10H,7-9H2,1-6H3;11H,5-9H2,1-3H3;9H,5-8H2,1-3H3;2*1-3H3;;/q;+1;;;4*-1;2*+2. The Morgan fingerprint density at radius 3 is 1.02 bits per heavy atom. The molecule has 3 aliphatic carbocycles. The van der Waals surface area contributed by atoms with E-state index in [1.165, 1.54) is 99.5 Å². The number of carbonyl (C=O) groups is 1. The molecule has 0 bridgehead atoms. The zero-order chi connectivity index (χ0) is 74.5. The predicted octanol–water partition coefficient (Wildman–Crippen LogP) is 25.9. The maximum Gasteiger partial charge on any atom is 2.00 e. The molecule has 3 saturated heterocycles. The molecule has 3 heterocycles. The second kappa shape index (κ2) is 41.5. The molecule has 8 nitrogen and oxygen atoms in total. The van der Waals surface area contributed by atoms with E-state index in [4.69, 9.17) is 19.7 Å². The van der Waals surface area contributed by atoms with Crippen LogP contribution < -0.4 is 0 Å². The van der Waals surface area contributed by atoms with Gasteiger partial charge in [0.15, 0.2) is 0 Å². The average Bonchev–Trinajstić information content (AvgIpc) is 0.803. The van der Waals surface area contributed by atoms with E-state index < -0.39 is 0 Å². The number of hydroxylamine groups is 3. The SMILES string of the molecule is CC(C)(C)C1CCN(C(C)(C)C)C(=O)C1.CC(C)(C)C1CC[N+](C)(C(C)(C)C)CC1.CC(C)(C)C1CC[N+]([O-])(C(C)(C)C)CC1.C[C-](C)C.C[C-](C)C.[C-]#[N+]C1(C(C)(C)C)CCC(C(C)(C)C)CC1.[C-]#[N+]C[C-]1CCC(C(C)(C)C)CC1.[C-]#[N+][C-]1CCC(C(C)(C)C)CC1.[W+2].[W+2]. The van der Waals surface area contributed by atoms with Gasteiger partial charge in [0.1, 0.15) is 6.54 Å². The fourth-order valence-electron chi connectivity index (χ4n) is 14.6. The Morgan fingerprint density at radius 2 is 0.771 bits per heavy atom. The van der Waals surface area contributed by atoms with Gasteiger partial charge in [0.25, 0.3) is 0 Å². The van der Waals surface area contributed by atoms with Crippen molar-refractivity contribution < 1.29 is 56.1 Å². The van der Waals surface area contributed by atoms with Crippen molar-refractivity contribution in [2.75, 3.05) is 46.3 Å². The number of hydrogen-bond acceptors (Lipinski definition) is 2. The molecule has 0 aromatic carbocycles. The van der Waals surface area contributed by atoms with Crippen LogP contribution in [0.15, 0.2) is 0 Å². The number of carbonyl (C=O) groups excluding carboxylic acids is 1. The van der Waals surface area contributed by atoms with Gasteiger partial charge in [-0.2, -0.15) is 54.4 Å². The summed E-state index contributed by atoms with van der Waals surface area (Å²) in [5.74, 6) is 9.31. The third kappa shape index (κ3) is 37.5. The molecule has 6 aliphatic rings. The van der Waals surface area contributed by atoms with Crippen LogP contribution in [0, 0.1) is 122 Å². The number of nitrogens with zero attached hydrogens (tertiary/aromatic N) is 6.